The van der Waals surface area contributed by atoms with Gasteiger partial charge in [-0.3, -0.25) is 9.48 Å². The molecule has 3 rings (SSSR count). The molecule has 0 spiro atoms. The Labute approximate surface area is 149 Å². The second-order valence-corrected chi connectivity index (χ2v) is 6.43. The summed E-state index contributed by atoms with van der Waals surface area (Å²) in [5.41, 5.74) is 1.05. The van der Waals surface area contributed by atoms with E-state index in [1.165, 1.54) is 12.3 Å². The van der Waals surface area contributed by atoms with E-state index in [0.29, 0.717) is 37.3 Å². The molecule has 0 atom stereocenters. The van der Waals surface area contributed by atoms with Crippen LogP contribution in [0, 0.1) is 6.92 Å². The van der Waals surface area contributed by atoms with Gasteiger partial charge in [0, 0.05) is 31.9 Å². The van der Waals surface area contributed by atoms with Crippen molar-refractivity contribution >= 4 is 11.6 Å². The van der Waals surface area contributed by atoms with Gasteiger partial charge in [0.05, 0.1) is 11.9 Å². The van der Waals surface area contributed by atoms with Gasteiger partial charge >= 0.3 is 6.18 Å². The molecule has 1 amide bonds. The molecule has 1 fully saturated rings. The lowest BCUT2D eigenvalue weighted by atomic mass is 10.0. The first kappa shape index (κ1) is 18.2. The van der Waals surface area contributed by atoms with Gasteiger partial charge in [-0.1, -0.05) is 0 Å². The number of aryl methyl sites for hydroxylation is 2. The van der Waals surface area contributed by atoms with E-state index in [2.05, 4.69) is 15.4 Å². The summed E-state index contributed by atoms with van der Waals surface area (Å²) in [4.78, 5) is 17.7. The number of nitrogens with zero attached hydrogens (tertiary/aromatic N) is 4. The summed E-state index contributed by atoms with van der Waals surface area (Å²) in [6.07, 6.45) is -1.77. The Balaban J connectivity index is 1.55. The number of halogens is 3. The molecule has 0 aliphatic carbocycles. The van der Waals surface area contributed by atoms with E-state index in [1.54, 1.807) is 17.8 Å². The van der Waals surface area contributed by atoms with Crippen LogP contribution in [-0.4, -0.2) is 39.8 Å². The molecule has 3 heterocycles. The maximum Gasteiger partial charge on any atom is 0.433 e. The summed E-state index contributed by atoms with van der Waals surface area (Å²) in [5, 5.41) is 7.13. The SMILES string of the molecule is Cc1cc(C(=O)NC2CCN(c3ccc(C(F)(F)F)nc3)CC2)nn1C. The number of aromatic nitrogens is 3. The normalized spacial score (nSPS) is 16.0. The van der Waals surface area contributed by atoms with Crippen molar-refractivity contribution in [2.24, 2.45) is 7.05 Å². The minimum atomic E-state index is -4.43. The van der Waals surface area contributed by atoms with E-state index in [0.717, 1.165) is 11.8 Å². The lowest BCUT2D eigenvalue weighted by molar-refractivity contribution is -0.141. The minimum absolute atomic E-state index is 0.0171. The highest BCUT2D eigenvalue weighted by atomic mass is 19.4. The second kappa shape index (κ2) is 6.97. The molecule has 2 aromatic rings. The first-order valence-corrected chi connectivity index (χ1v) is 8.34. The molecule has 1 N–H and O–H groups in total. The first-order chi connectivity index (χ1) is 12.2. The van der Waals surface area contributed by atoms with Gasteiger partial charge in [0.25, 0.3) is 5.91 Å². The Kier molecular flexibility index (Phi) is 4.88. The maximum atomic E-state index is 12.6. The summed E-state index contributed by atoms with van der Waals surface area (Å²) in [5.74, 6) is -0.205. The molecule has 0 aromatic carbocycles. The second-order valence-electron chi connectivity index (χ2n) is 6.43. The van der Waals surface area contributed by atoms with Crippen molar-refractivity contribution in [1.82, 2.24) is 20.1 Å². The van der Waals surface area contributed by atoms with Crippen molar-refractivity contribution in [2.75, 3.05) is 18.0 Å². The Morgan fingerprint density at radius 2 is 1.96 bits per heavy atom. The molecule has 0 bridgehead atoms. The molecule has 0 saturated carbocycles. The minimum Gasteiger partial charge on any atom is -0.370 e. The van der Waals surface area contributed by atoms with Crippen molar-refractivity contribution < 1.29 is 18.0 Å². The molecule has 2 aromatic heterocycles. The lowest BCUT2D eigenvalue weighted by Crippen LogP contribution is -2.44. The van der Waals surface area contributed by atoms with E-state index in [4.69, 9.17) is 0 Å². The summed E-state index contributed by atoms with van der Waals surface area (Å²) in [6.45, 7) is 3.15. The van der Waals surface area contributed by atoms with Gasteiger partial charge in [-0.25, -0.2) is 4.98 Å². The van der Waals surface area contributed by atoms with E-state index < -0.39 is 11.9 Å². The van der Waals surface area contributed by atoms with Crippen molar-refractivity contribution in [3.63, 3.8) is 0 Å². The lowest BCUT2D eigenvalue weighted by Gasteiger charge is -2.33. The average Bonchev–Trinajstić information content (AvgIpc) is 2.94. The number of nitrogens with one attached hydrogen (secondary N) is 1. The Morgan fingerprint density at radius 3 is 2.46 bits per heavy atom. The molecular weight excluding hydrogens is 347 g/mol. The largest absolute Gasteiger partial charge is 0.433 e. The number of rotatable bonds is 3. The van der Waals surface area contributed by atoms with E-state index in [-0.39, 0.29) is 11.9 Å². The van der Waals surface area contributed by atoms with Gasteiger partial charge in [-0.05, 0) is 38.0 Å². The van der Waals surface area contributed by atoms with E-state index in [9.17, 15) is 18.0 Å². The molecular formula is C17H20F3N5O. The zero-order chi connectivity index (χ0) is 18.9. The van der Waals surface area contributed by atoms with Crippen LogP contribution in [0.3, 0.4) is 0 Å². The van der Waals surface area contributed by atoms with Gasteiger partial charge in [-0.2, -0.15) is 18.3 Å². The molecule has 9 heteroatoms. The number of alkyl halides is 3. The van der Waals surface area contributed by atoms with Crippen molar-refractivity contribution in [2.45, 2.75) is 32.0 Å². The first-order valence-electron chi connectivity index (χ1n) is 8.34. The molecule has 26 heavy (non-hydrogen) atoms. The van der Waals surface area contributed by atoms with Gasteiger partial charge < -0.3 is 10.2 Å². The fraction of sp³-hybridized carbons (Fsp3) is 0.471. The van der Waals surface area contributed by atoms with Crippen LogP contribution in [0.4, 0.5) is 18.9 Å². The van der Waals surface area contributed by atoms with Crippen LogP contribution < -0.4 is 10.2 Å². The highest BCUT2D eigenvalue weighted by Crippen LogP contribution is 2.29. The maximum absolute atomic E-state index is 12.6. The van der Waals surface area contributed by atoms with Gasteiger partial charge in [-0.15, -0.1) is 0 Å². The predicted molar refractivity (Wildman–Crippen MR) is 89.9 cm³/mol. The van der Waals surface area contributed by atoms with Crippen LogP contribution in [0.25, 0.3) is 0 Å². The number of pyridine rings is 1. The van der Waals surface area contributed by atoms with Crippen molar-refractivity contribution in [3.8, 4) is 0 Å². The van der Waals surface area contributed by atoms with Crippen LogP contribution in [0.5, 0.6) is 0 Å². The smallest absolute Gasteiger partial charge is 0.370 e. The number of amides is 1. The summed E-state index contributed by atoms with van der Waals surface area (Å²) >= 11 is 0. The van der Waals surface area contributed by atoms with Crippen LogP contribution >= 0.6 is 0 Å². The number of piperidine rings is 1. The number of hydrogen-bond acceptors (Lipinski definition) is 4. The fourth-order valence-corrected chi connectivity index (χ4v) is 2.95. The number of anilines is 1. The molecule has 1 aliphatic heterocycles. The quantitative estimate of drug-likeness (QED) is 0.906. The number of hydrogen-bond donors (Lipinski definition) is 1. The third-order valence-electron chi connectivity index (χ3n) is 4.58. The standard InChI is InChI=1S/C17H20F3N5O/c1-11-9-14(23-24(11)2)16(26)22-12-5-7-25(8-6-12)13-3-4-15(21-10-13)17(18,19)20/h3-4,9-10,12H,5-8H2,1-2H3,(H,22,26). The predicted octanol–water partition coefficient (Wildman–Crippen LogP) is 2.54. The highest BCUT2D eigenvalue weighted by molar-refractivity contribution is 5.92. The van der Waals surface area contributed by atoms with E-state index >= 15 is 0 Å². The highest BCUT2D eigenvalue weighted by Gasteiger charge is 2.32. The Hall–Kier alpha value is -2.58. The van der Waals surface area contributed by atoms with Crippen LogP contribution in [0.2, 0.25) is 0 Å². The third kappa shape index (κ3) is 3.97. The van der Waals surface area contributed by atoms with Crippen molar-refractivity contribution in [1.29, 1.82) is 0 Å². The Bertz CT molecular complexity index is 757. The molecule has 1 saturated heterocycles. The van der Waals surface area contributed by atoms with E-state index in [1.807, 2.05) is 11.8 Å². The summed E-state index contributed by atoms with van der Waals surface area (Å²) in [7, 11) is 1.78. The van der Waals surface area contributed by atoms with Gasteiger partial charge in [0.2, 0.25) is 0 Å². The molecule has 1 aliphatic rings. The van der Waals surface area contributed by atoms with Crippen molar-refractivity contribution in [3.05, 3.63) is 41.5 Å². The van der Waals surface area contributed by atoms with Gasteiger partial charge in [0.1, 0.15) is 11.4 Å². The van der Waals surface area contributed by atoms with Gasteiger partial charge in [0.15, 0.2) is 0 Å². The van der Waals surface area contributed by atoms with Crippen LogP contribution in [-0.2, 0) is 13.2 Å². The number of carbonyl (C=O) groups excluding carboxylic acids is 1. The molecule has 0 unspecified atom stereocenters. The number of carbonyl (C=O) groups is 1. The average molecular weight is 367 g/mol. The summed E-state index contributed by atoms with van der Waals surface area (Å²) in [6, 6.07) is 4.18. The zero-order valence-electron chi connectivity index (χ0n) is 14.5. The fourth-order valence-electron chi connectivity index (χ4n) is 2.95. The summed E-state index contributed by atoms with van der Waals surface area (Å²) < 4.78 is 39.4. The third-order valence-corrected chi connectivity index (χ3v) is 4.58. The zero-order valence-corrected chi connectivity index (χ0v) is 14.5. The molecule has 6 nitrogen and oxygen atoms in total. The molecule has 140 valence electrons. The van der Waals surface area contributed by atoms with Crippen LogP contribution in [0.15, 0.2) is 24.4 Å². The van der Waals surface area contributed by atoms with Crippen LogP contribution in [0.1, 0.15) is 34.7 Å². The topological polar surface area (TPSA) is 63.1 Å². The monoisotopic (exact) mass is 367 g/mol. The Morgan fingerprint density at radius 1 is 1.27 bits per heavy atom. The molecule has 0 radical (unpaired) electrons.